The number of halogens is 1. The first kappa shape index (κ1) is 23.9. The van der Waals surface area contributed by atoms with E-state index in [-0.39, 0.29) is 5.78 Å². The quantitative estimate of drug-likeness (QED) is 0.242. The van der Waals surface area contributed by atoms with Crippen molar-refractivity contribution in [1.82, 2.24) is 20.3 Å². The fraction of sp³-hybridized carbons (Fsp3) is 0.258. The molecule has 2 fully saturated rings. The van der Waals surface area contributed by atoms with Crippen molar-refractivity contribution in [2.45, 2.75) is 32.2 Å². The van der Waals surface area contributed by atoms with E-state index in [1.807, 2.05) is 54.9 Å². The van der Waals surface area contributed by atoms with Crippen molar-refractivity contribution in [2.24, 2.45) is 17.8 Å². The lowest BCUT2D eigenvalue weighted by Crippen LogP contribution is -2.23. The average molecular weight is 554 g/mol. The first-order valence-corrected chi connectivity index (χ1v) is 13.6. The van der Waals surface area contributed by atoms with Gasteiger partial charge in [0.15, 0.2) is 5.78 Å². The van der Waals surface area contributed by atoms with Crippen molar-refractivity contribution in [2.75, 3.05) is 0 Å². The molecule has 0 amide bonds. The number of aromatic amines is 1. The molecule has 5 nitrogen and oxygen atoms in total. The van der Waals surface area contributed by atoms with Crippen molar-refractivity contribution >= 4 is 21.7 Å². The van der Waals surface area contributed by atoms with Gasteiger partial charge in [0, 0.05) is 51.7 Å². The zero-order valence-corrected chi connectivity index (χ0v) is 22.2. The summed E-state index contributed by atoms with van der Waals surface area (Å²) in [5.41, 5.74) is 7.89. The first-order chi connectivity index (χ1) is 18.1. The summed E-state index contributed by atoms with van der Waals surface area (Å²) >= 11 is 3.42. The van der Waals surface area contributed by atoms with Crippen LogP contribution in [0.5, 0.6) is 0 Å². The van der Waals surface area contributed by atoms with Gasteiger partial charge in [-0.1, -0.05) is 53.2 Å². The SMILES string of the molecule is C=C(NCc1cccnc1)C1CC2CCC1C2.O=C1c2cc(Br)ccc2-c2ccc(-c3cnc[nH]3)cc21. The first-order valence-electron chi connectivity index (χ1n) is 12.9. The van der Waals surface area contributed by atoms with Crippen molar-refractivity contribution in [3.63, 3.8) is 0 Å². The van der Waals surface area contributed by atoms with Crippen LogP contribution in [0.4, 0.5) is 0 Å². The maximum atomic E-state index is 12.5. The number of carbonyl (C=O) groups is 1. The summed E-state index contributed by atoms with van der Waals surface area (Å²) in [6.45, 7) is 5.10. The number of ketones is 1. The zero-order chi connectivity index (χ0) is 25.4. The Kier molecular flexibility index (Phi) is 6.51. The van der Waals surface area contributed by atoms with E-state index in [0.717, 1.165) is 62.3 Å². The van der Waals surface area contributed by atoms with Crippen LogP contribution in [0, 0.1) is 17.8 Å². The summed E-state index contributed by atoms with van der Waals surface area (Å²) in [6.07, 6.45) is 12.8. The molecule has 0 spiro atoms. The molecule has 6 heteroatoms. The molecule has 2 saturated carbocycles. The van der Waals surface area contributed by atoms with Crippen LogP contribution in [0.3, 0.4) is 0 Å². The summed E-state index contributed by atoms with van der Waals surface area (Å²) in [5.74, 6) is 2.71. The monoisotopic (exact) mass is 552 g/mol. The summed E-state index contributed by atoms with van der Waals surface area (Å²) < 4.78 is 0.922. The second-order valence-corrected chi connectivity index (χ2v) is 11.2. The van der Waals surface area contributed by atoms with E-state index in [1.54, 1.807) is 12.5 Å². The molecular weight excluding hydrogens is 524 g/mol. The number of hydrogen-bond acceptors (Lipinski definition) is 4. The molecule has 3 unspecified atom stereocenters. The van der Waals surface area contributed by atoms with E-state index in [9.17, 15) is 4.79 Å². The Balaban J connectivity index is 0.000000138. The third-order valence-electron chi connectivity index (χ3n) is 8.02. The van der Waals surface area contributed by atoms with E-state index in [0.29, 0.717) is 0 Å². The predicted octanol–water partition coefficient (Wildman–Crippen LogP) is 7.17. The number of fused-ring (bicyclic) bond motifs is 5. The lowest BCUT2D eigenvalue weighted by molar-refractivity contribution is 0.104. The van der Waals surface area contributed by atoms with Gasteiger partial charge >= 0.3 is 0 Å². The second-order valence-electron chi connectivity index (χ2n) is 10.3. The van der Waals surface area contributed by atoms with Gasteiger partial charge in [-0.15, -0.1) is 0 Å². The molecular formula is C31H29BrN4O. The highest BCUT2D eigenvalue weighted by Crippen LogP contribution is 2.50. The van der Waals surface area contributed by atoms with E-state index >= 15 is 0 Å². The lowest BCUT2D eigenvalue weighted by atomic mass is 9.87. The van der Waals surface area contributed by atoms with Crippen molar-refractivity contribution in [3.8, 4) is 22.4 Å². The summed E-state index contributed by atoms with van der Waals surface area (Å²) in [7, 11) is 0. The fourth-order valence-electron chi connectivity index (χ4n) is 6.15. The highest BCUT2D eigenvalue weighted by molar-refractivity contribution is 9.10. The normalized spacial score (nSPS) is 20.7. The Hall–Kier alpha value is -3.51. The summed E-state index contributed by atoms with van der Waals surface area (Å²) in [6, 6.07) is 15.9. The van der Waals surface area contributed by atoms with E-state index in [1.165, 1.54) is 36.9 Å². The molecule has 3 aliphatic rings. The minimum atomic E-state index is 0.0812. The maximum absolute atomic E-state index is 12.5. The Morgan fingerprint density at radius 2 is 1.84 bits per heavy atom. The number of imidazole rings is 1. The van der Waals surface area contributed by atoms with Crippen LogP contribution < -0.4 is 5.32 Å². The Bertz CT molecular complexity index is 1450. The van der Waals surface area contributed by atoms with Crippen molar-refractivity contribution < 1.29 is 4.79 Å². The molecule has 0 aliphatic heterocycles. The molecule has 0 radical (unpaired) electrons. The van der Waals surface area contributed by atoms with Crippen LogP contribution in [0.15, 0.2) is 90.2 Å². The van der Waals surface area contributed by atoms with Gasteiger partial charge in [-0.2, -0.15) is 0 Å². The molecule has 2 aromatic heterocycles. The highest BCUT2D eigenvalue weighted by Gasteiger charge is 2.40. The molecule has 2 aromatic carbocycles. The molecule has 3 aliphatic carbocycles. The molecule has 4 aromatic rings. The Morgan fingerprint density at radius 3 is 2.54 bits per heavy atom. The summed E-state index contributed by atoms with van der Waals surface area (Å²) in [5, 5.41) is 3.49. The van der Waals surface area contributed by atoms with Gasteiger partial charge in [0.2, 0.25) is 0 Å². The van der Waals surface area contributed by atoms with Gasteiger partial charge in [-0.05, 0) is 72.1 Å². The van der Waals surface area contributed by atoms with Crippen LogP contribution in [0.1, 0.15) is 47.2 Å². The number of pyridine rings is 1. The van der Waals surface area contributed by atoms with Crippen LogP contribution in [-0.4, -0.2) is 20.7 Å². The van der Waals surface area contributed by atoms with Gasteiger partial charge in [0.1, 0.15) is 0 Å². The average Bonchev–Trinajstić information content (AvgIpc) is 3.74. The number of nitrogens with one attached hydrogen (secondary N) is 2. The smallest absolute Gasteiger partial charge is 0.194 e. The standard InChI is InChI=1S/C16H9BrN2O.C15H20N2/c17-10-2-4-12-11-3-1-9(15-7-18-8-19-15)5-13(11)16(20)14(12)6-10;1-11(15-8-12-4-5-14(15)7-12)17-10-13-3-2-6-16-9-13/h1-8H,(H,18,19);2-3,6,9,12,14-15,17H,1,4-5,7-8,10H2. The second kappa shape index (κ2) is 10.1. The van der Waals surface area contributed by atoms with Crippen LogP contribution in [0.2, 0.25) is 0 Å². The van der Waals surface area contributed by atoms with E-state index in [2.05, 4.69) is 48.8 Å². The number of hydrogen-bond donors (Lipinski definition) is 2. The van der Waals surface area contributed by atoms with Gasteiger partial charge < -0.3 is 10.3 Å². The van der Waals surface area contributed by atoms with Crippen LogP contribution in [0.25, 0.3) is 22.4 Å². The Labute approximate surface area is 225 Å². The van der Waals surface area contributed by atoms with Crippen LogP contribution in [-0.2, 0) is 6.54 Å². The number of allylic oxidation sites excluding steroid dienone is 1. The molecule has 2 heterocycles. The number of benzene rings is 2. The van der Waals surface area contributed by atoms with Crippen LogP contribution >= 0.6 is 15.9 Å². The third-order valence-corrected chi connectivity index (χ3v) is 8.51. The maximum Gasteiger partial charge on any atom is 0.194 e. The largest absolute Gasteiger partial charge is 0.384 e. The highest BCUT2D eigenvalue weighted by atomic mass is 79.9. The van der Waals surface area contributed by atoms with E-state index in [4.69, 9.17) is 0 Å². The molecule has 2 N–H and O–H groups in total. The number of carbonyl (C=O) groups excluding carboxylic acids is 1. The fourth-order valence-corrected chi connectivity index (χ4v) is 6.51. The molecule has 3 atom stereocenters. The van der Waals surface area contributed by atoms with Gasteiger partial charge in [0.25, 0.3) is 0 Å². The number of H-pyrrole nitrogens is 1. The van der Waals surface area contributed by atoms with Crippen molar-refractivity contribution in [1.29, 1.82) is 0 Å². The van der Waals surface area contributed by atoms with Gasteiger partial charge in [0.05, 0.1) is 18.2 Å². The molecule has 0 saturated heterocycles. The number of nitrogens with zero attached hydrogens (tertiary/aromatic N) is 2. The molecule has 7 rings (SSSR count). The lowest BCUT2D eigenvalue weighted by Gasteiger charge is -2.24. The van der Waals surface area contributed by atoms with Gasteiger partial charge in [-0.25, -0.2) is 4.98 Å². The summed E-state index contributed by atoms with van der Waals surface area (Å²) in [4.78, 5) is 23.7. The minimum Gasteiger partial charge on any atom is -0.384 e. The van der Waals surface area contributed by atoms with Gasteiger partial charge in [-0.3, -0.25) is 9.78 Å². The predicted molar refractivity (Wildman–Crippen MR) is 150 cm³/mol. The van der Waals surface area contributed by atoms with Crippen molar-refractivity contribution in [3.05, 3.63) is 107 Å². The zero-order valence-electron chi connectivity index (χ0n) is 20.6. The topological polar surface area (TPSA) is 70.7 Å². The number of rotatable bonds is 5. The van der Waals surface area contributed by atoms with E-state index < -0.39 is 0 Å². The molecule has 2 bridgehead atoms. The molecule has 186 valence electrons. The third kappa shape index (κ3) is 4.78. The minimum absolute atomic E-state index is 0.0812. The number of aromatic nitrogens is 3. The molecule has 37 heavy (non-hydrogen) atoms. The Morgan fingerprint density at radius 1 is 1.00 bits per heavy atom.